The summed E-state index contributed by atoms with van der Waals surface area (Å²) >= 11 is 0.875. The Labute approximate surface area is 148 Å². The summed E-state index contributed by atoms with van der Waals surface area (Å²) in [4.78, 5) is 20.6. The first-order valence-electron chi connectivity index (χ1n) is 7.45. The highest BCUT2D eigenvalue weighted by Gasteiger charge is 2.21. The molecule has 0 aliphatic carbocycles. The van der Waals surface area contributed by atoms with E-state index in [9.17, 15) is 4.79 Å². The fraction of sp³-hybridized carbons (Fsp3) is 0.188. The quantitative estimate of drug-likeness (QED) is 0.598. The summed E-state index contributed by atoms with van der Waals surface area (Å²) in [6.45, 7) is 0.492. The smallest absolute Gasteiger partial charge is 0.281 e. The van der Waals surface area contributed by atoms with Crippen LogP contribution >= 0.6 is 11.8 Å². The van der Waals surface area contributed by atoms with Crippen molar-refractivity contribution in [2.45, 2.75) is 11.4 Å². The van der Waals surface area contributed by atoms with Gasteiger partial charge in [-0.25, -0.2) is 9.97 Å². The number of nitrogen functional groups attached to an aromatic ring is 1. The molecule has 8 nitrogen and oxygen atoms in total. The lowest BCUT2D eigenvalue weighted by atomic mass is 10.2. The molecule has 0 saturated carbocycles. The average Bonchev–Trinajstić information content (AvgIpc) is 2.87. The molecule has 0 saturated heterocycles. The van der Waals surface area contributed by atoms with Crippen LogP contribution in [-0.2, 0) is 6.54 Å². The van der Waals surface area contributed by atoms with E-state index < -0.39 is 5.24 Å². The molecule has 1 aromatic carbocycles. The summed E-state index contributed by atoms with van der Waals surface area (Å²) in [6.07, 6.45) is 1.46. The van der Waals surface area contributed by atoms with Crippen molar-refractivity contribution >= 4 is 39.7 Å². The number of aromatic nitrogens is 3. The number of anilines is 2. The van der Waals surface area contributed by atoms with Crippen LogP contribution in [-0.4, -0.2) is 33.9 Å². The maximum absolute atomic E-state index is 11.4. The fourth-order valence-corrected chi connectivity index (χ4v) is 3.33. The topological polar surface area (TPSA) is 121 Å². The first-order valence-corrected chi connectivity index (χ1v) is 8.27. The van der Waals surface area contributed by atoms with Crippen LogP contribution in [0.4, 0.5) is 16.4 Å². The van der Waals surface area contributed by atoms with Crippen LogP contribution in [0.5, 0.6) is 5.75 Å². The number of nitrogens with zero attached hydrogens (tertiary/aromatic N) is 3. The van der Waals surface area contributed by atoms with Crippen molar-refractivity contribution in [3.05, 3.63) is 36.2 Å². The van der Waals surface area contributed by atoms with Gasteiger partial charge in [-0.1, -0.05) is 12.1 Å². The van der Waals surface area contributed by atoms with Gasteiger partial charge in [0.1, 0.15) is 29.4 Å². The lowest BCUT2D eigenvalue weighted by Gasteiger charge is -2.08. The Balaban J connectivity index is 2.13. The third-order valence-corrected chi connectivity index (χ3v) is 4.59. The summed E-state index contributed by atoms with van der Waals surface area (Å²) < 4.78 is 7.01. The number of amides is 1. The zero-order chi connectivity index (χ0) is 18.0. The van der Waals surface area contributed by atoms with Gasteiger partial charge in [0, 0.05) is 7.05 Å². The highest BCUT2D eigenvalue weighted by molar-refractivity contribution is 8.13. The standard InChI is InChI=1S/C16H18N6O2S/c1-19-14-11-12(25-16(18)23)13(17)22(15(11)21-8-20-14)7-9-3-5-10(24-2)6-4-9/h3-6,8H,7,17H2,1-2H3,(H2,18,23)(H,19,20,21). The number of nitrogens with one attached hydrogen (secondary N) is 1. The lowest BCUT2D eigenvalue weighted by Crippen LogP contribution is -2.06. The molecule has 0 atom stereocenters. The molecule has 0 fully saturated rings. The van der Waals surface area contributed by atoms with Crippen molar-refractivity contribution in [3.8, 4) is 5.75 Å². The zero-order valence-corrected chi connectivity index (χ0v) is 14.6. The molecule has 3 rings (SSSR count). The van der Waals surface area contributed by atoms with Crippen LogP contribution in [0.25, 0.3) is 11.0 Å². The van der Waals surface area contributed by atoms with Crippen molar-refractivity contribution in [1.82, 2.24) is 14.5 Å². The molecule has 1 amide bonds. The maximum atomic E-state index is 11.4. The molecule has 9 heteroatoms. The number of hydrogen-bond acceptors (Lipinski definition) is 7. The molecule has 0 unspecified atom stereocenters. The molecule has 2 heterocycles. The second-order valence-corrected chi connectivity index (χ2v) is 6.26. The SMILES string of the molecule is CNc1ncnc2c1c(SC(N)=O)c(N)n2Cc1ccc(OC)cc1. The van der Waals surface area contributed by atoms with E-state index in [1.807, 2.05) is 28.8 Å². The Morgan fingerprint density at radius 1 is 1.32 bits per heavy atom. The van der Waals surface area contributed by atoms with Crippen molar-refractivity contribution in [2.24, 2.45) is 5.73 Å². The number of methoxy groups -OCH3 is 1. The maximum Gasteiger partial charge on any atom is 0.281 e. The van der Waals surface area contributed by atoms with Crippen LogP contribution < -0.4 is 21.5 Å². The molecule has 2 aromatic heterocycles. The second kappa shape index (κ2) is 6.89. The Morgan fingerprint density at radius 3 is 2.64 bits per heavy atom. The van der Waals surface area contributed by atoms with Gasteiger partial charge in [0.05, 0.1) is 23.9 Å². The molecular weight excluding hydrogens is 340 g/mol. The fourth-order valence-electron chi connectivity index (χ4n) is 2.62. The Bertz CT molecular complexity index is 923. The van der Waals surface area contributed by atoms with Crippen molar-refractivity contribution in [3.63, 3.8) is 0 Å². The van der Waals surface area contributed by atoms with Crippen LogP contribution in [0.1, 0.15) is 5.56 Å². The van der Waals surface area contributed by atoms with Crippen molar-refractivity contribution in [1.29, 1.82) is 0 Å². The molecule has 3 aromatic rings. The minimum absolute atomic E-state index is 0.423. The van der Waals surface area contributed by atoms with E-state index in [0.717, 1.165) is 23.1 Å². The van der Waals surface area contributed by atoms with E-state index in [0.29, 0.717) is 34.1 Å². The second-order valence-electron chi connectivity index (χ2n) is 5.24. The van der Waals surface area contributed by atoms with E-state index in [1.54, 1.807) is 14.2 Å². The highest BCUT2D eigenvalue weighted by atomic mass is 32.2. The van der Waals surface area contributed by atoms with Gasteiger partial charge in [0.15, 0.2) is 0 Å². The molecule has 5 N–H and O–H groups in total. The Hall–Kier alpha value is -2.94. The van der Waals surface area contributed by atoms with E-state index in [2.05, 4.69) is 15.3 Å². The third-order valence-electron chi connectivity index (χ3n) is 3.77. The Morgan fingerprint density at radius 2 is 2.04 bits per heavy atom. The van der Waals surface area contributed by atoms with Gasteiger partial charge in [-0.05, 0) is 29.5 Å². The van der Waals surface area contributed by atoms with E-state index in [1.165, 1.54) is 6.33 Å². The molecule has 0 bridgehead atoms. The van der Waals surface area contributed by atoms with Gasteiger partial charge in [-0.2, -0.15) is 0 Å². The molecule has 0 aliphatic heterocycles. The minimum Gasteiger partial charge on any atom is -0.497 e. The molecule has 25 heavy (non-hydrogen) atoms. The van der Waals surface area contributed by atoms with Crippen LogP contribution in [0, 0.1) is 0 Å². The first kappa shape index (κ1) is 16.9. The van der Waals surface area contributed by atoms with E-state index >= 15 is 0 Å². The van der Waals surface area contributed by atoms with Gasteiger partial charge >= 0.3 is 0 Å². The predicted molar refractivity (Wildman–Crippen MR) is 99.0 cm³/mol. The summed E-state index contributed by atoms with van der Waals surface area (Å²) in [5.74, 6) is 1.79. The number of rotatable bonds is 5. The van der Waals surface area contributed by atoms with Gasteiger partial charge in [0.25, 0.3) is 5.24 Å². The number of primary amides is 1. The number of thioether (sulfide) groups is 1. The van der Waals surface area contributed by atoms with Crippen LogP contribution in [0.3, 0.4) is 0 Å². The van der Waals surface area contributed by atoms with E-state index in [-0.39, 0.29) is 0 Å². The van der Waals surface area contributed by atoms with Gasteiger partial charge < -0.3 is 26.1 Å². The summed E-state index contributed by atoms with van der Waals surface area (Å²) in [6, 6.07) is 7.66. The highest BCUT2D eigenvalue weighted by Crippen LogP contribution is 2.38. The number of ether oxygens (including phenoxy) is 1. The Kier molecular flexibility index (Phi) is 4.66. The largest absolute Gasteiger partial charge is 0.497 e. The van der Waals surface area contributed by atoms with Crippen molar-refractivity contribution < 1.29 is 9.53 Å². The van der Waals surface area contributed by atoms with E-state index in [4.69, 9.17) is 16.2 Å². The molecule has 0 aliphatic rings. The van der Waals surface area contributed by atoms with Gasteiger partial charge in [-0.3, -0.25) is 4.79 Å². The normalized spacial score (nSPS) is 10.8. The number of fused-ring (bicyclic) bond motifs is 1. The van der Waals surface area contributed by atoms with Crippen LogP contribution in [0.2, 0.25) is 0 Å². The van der Waals surface area contributed by atoms with Crippen molar-refractivity contribution in [2.75, 3.05) is 25.2 Å². The molecule has 0 radical (unpaired) electrons. The van der Waals surface area contributed by atoms with Gasteiger partial charge in [0.2, 0.25) is 0 Å². The number of benzene rings is 1. The first-order chi connectivity index (χ1) is 12.0. The number of carbonyl (C=O) groups excluding carboxylic acids is 1. The minimum atomic E-state index is -0.541. The molecular formula is C16H18N6O2S. The average molecular weight is 358 g/mol. The lowest BCUT2D eigenvalue weighted by molar-refractivity contribution is 0.267. The number of hydrogen-bond donors (Lipinski definition) is 3. The number of carbonyl (C=O) groups is 1. The number of nitrogens with two attached hydrogens (primary N) is 2. The molecule has 130 valence electrons. The summed E-state index contributed by atoms with van der Waals surface area (Å²) in [5.41, 5.74) is 13.3. The van der Waals surface area contributed by atoms with Gasteiger partial charge in [-0.15, -0.1) is 0 Å². The predicted octanol–water partition coefficient (Wildman–Crippen LogP) is 2.28. The molecule has 0 spiro atoms. The summed E-state index contributed by atoms with van der Waals surface area (Å²) in [5, 5.41) is 3.14. The third kappa shape index (κ3) is 3.18. The summed E-state index contributed by atoms with van der Waals surface area (Å²) in [7, 11) is 3.37. The monoisotopic (exact) mass is 358 g/mol. The van der Waals surface area contributed by atoms with Crippen LogP contribution in [0.15, 0.2) is 35.5 Å². The zero-order valence-electron chi connectivity index (χ0n) is 13.8.